The van der Waals surface area contributed by atoms with Crippen LogP contribution in [0.4, 0.5) is 5.69 Å². The number of methoxy groups -OCH3 is 1. The van der Waals surface area contributed by atoms with Gasteiger partial charge in [-0.1, -0.05) is 11.6 Å². The van der Waals surface area contributed by atoms with E-state index in [2.05, 4.69) is 17.8 Å². The highest BCUT2D eigenvalue weighted by Gasteiger charge is 2.26. The summed E-state index contributed by atoms with van der Waals surface area (Å²) in [5, 5.41) is 9.67. The molecule has 0 aromatic carbocycles. The Bertz CT molecular complexity index is 315. The third-order valence-electron chi connectivity index (χ3n) is 1.35. The van der Waals surface area contributed by atoms with Crippen LogP contribution in [0, 0.1) is 0 Å². The maximum Gasteiger partial charge on any atom is 0.283 e. The first-order valence-corrected chi connectivity index (χ1v) is 4.06. The lowest BCUT2D eigenvalue weighted by molar-refractivity contribution is 0.0239. The molecule has 0 aliphatic carbocycles. The molecular formula is C6H9ClN3O2S+. The fourth-order valence-corrected chi connectivity index (χ4v) is 1.10. The van der Waals surface area contributed by atoms with Gasteiger partial charge in [0.15, 0.2) is 0 Å². The molecule has 0 fully saturated rings. The lowest BCUT2D eigenvalue weighted by atomic mass is 10.4. The van der Waals surface area contributed by atoms with Gasteiger partial charge in [-0.2, -0.15) is 5.21 Å². The molecule has 13 heavy (non-hydrogen) atoms. The number of pyridine rings is 1. The molecule has 1 aromatic rings. The minimum absolute atomic E-state index is 0.165. The minimum atomic E-state index is -1.17. The van der Waals surface area contributed by atoms with E-state index in [9.17, 15) is 5.21 Å². The van der Waals surface area contributed by atoms with Crippen molar-refractivity contribution in [1.29, 1.82) is 0 Å². The summed E-state index contributed by atoms with van der Waals surface area (Å²) >= 11 is 9.36. The molecule has 1 rings (SSSR count). The molecule has 0 saturated heterocycles. The number of thiol groups is 1. The third-order valence-corrected chi connectivity index (χ3v) is 1.77. The highest BCUT2D eigenvalue weighted by atomic mass is 35.5. The molecule has 0 radical (unpaired) electrons. The van der Waals surface area contributed by atoms with Gasteiger partial charge in [0.25, 0.3) is 11.6 Å². The quantitative estimate of drug-likeness (QED) is 0.304. The third kappa shape index (κ3) is 2.45. The number of hydrogen-bond donors (Lipinski definition) is 3. The van der Waals surface area contributed by atoms with Crippen molar-refractivity contribution in [2.45, 2.75) is 0 Å². The molecule has 0 saturated carbocycles. The second-order valence-electron chi connectivity index (χ2n) is 2.33. The highest BCUT2D eigenvalue weighted by Crippen LogP contribution is 2.31. The number of ether oxygens (including phenoxy) is 1. The first-order chi connectivity index (χ1) is 5.95. The van der Waals surface area contributed by atoms with Gasteiger partial charge in [-0.25, -0.2) is 4.98 Å². The predicted molar refractivity (Wildman–Crippen MR) is 52.6 cm³/mol. The average Bonchev–Trinajstić information content (AvgIpc) is 2.03. The molecule has 7 heteroatoms. The van der Waals surface area contributed by atoms with E-state index in [1.165, 1.54) is 19.4 Å². The SMILES string of the molecule is COc1ncc(Cl)cc1[N+](N)(O)S. The van der Waals surface area contributed by atoms with Gasteiger partial charge in [-0.3, -0.25) is 0 Å². The number of quaternary nitrogens is 1. The Balaban J connectivity index is 3.24. The average molecular weight is 223 g/mol. The highest BCUT2D eigenvalue weighted by molar-refractivity contribution is 7.79. The van der Waals surface area contributed by atoms with Crippen molar-refractivity contribution in [3.05, 3.63) is 17.3 Å². The van der Waals surface area contributed by atoms with E-state index in [4.69, 9.17) is 22.2 Å². The van der Waals surface area contributed by atoms with Crippen LogP contribution in [-0.2, 0) is 0 Å². The number of hydrogen-bond acceptors (Lipinski definition) is 5. The van der Waals surface area contributed by atoms with Gasteiger partial charge < -0.3 is 4.74 Å². The van der Waals surface area contributed by atoms with Crippen LogP contribution in [0.3, 0.4) is 0 Å². The fraction of sp³-hybridized carbons (Fsp3) is 0.167. The Labute approximate surface area is 85.8 Å². The normalized spacial score (nSPS) is 15.2. The van der Waals surface area contributed by atoms with E-state index in [1.807, 2.05) is 0 Å². The first kappa shape index (κ1) is 10.6. The fourth-order valence-electron chi connectivity index (χ4n) is 0.809. The van der Waals surface area contributed by atoms with Crippen molar-refractivity contribution < 1.29 is 9.94 Å². The summed E-state index contributed by atoms with van der Waals surface area (Å²) < 4.78 is 3.68. The molecule has 1 atom stereocenters. The Morgan fingerprint density at radius 2 is 2.38 bits per heavy atom. The van der Waals surface area contributed by atoms with E-state index < -0.39 is 4.16 Å². The van der Waals surface area contributed by atoms with Crippen LogP contribution in [0.25, 0.3) is 0 Å². The van der Waals surface area contributed by atoms with Crippen LogP contribution >= 0.6 is 24.4 Å². The Morgan fingerprint density at radius 3 is 2.85 bits per heavy atom. The van der Waals surface area contributed by atoms with E-state index >= 15 is 0 Å². The molecule has 0 aliphatic heterocycles. The van der Waals surface area contributed by atoms with Crippen molar-refractivity contribution in [2.75, 3.05) is 7.11 Å². The topological polar surface area (TPSA) is 68.4 Å². The van der Waals surface area contributed by atoms with E-state index in [-0.39, 0.29) is 11.6 Å². The van der Waals surface area contributed by atoms with E-state index in [0.29, 0.717) is 5.02 Å². The molecule has 0 aliphatic rings. The van der Waals surface area contributed by atoms with Crippen molar-refractivity contribution in [3.8, 4) is 5.88 Å². The van der Waals surface area contributed by atoms with Gasteiger partial charge in [-0.15, -0.1) is 5.84 Å². The summed E-state index contributed by atoms with van der Waals surface area (Å²) in [6, 6.07) is 1.42. The maximum absolute atomic E-state index is 9.33. The van der Waals surface area contributed by atoms with Crippen LogP contribution in [0.1, 0.15) is 0 Å². The molecule has 0 spiro atoms. The van der Waals surface area contributed by atoms with E-state index in [1.54, 1.807) is 0 Å². The van der Waals surface area contributed by atoms with Gasteiger partial charge in [-0.05, 0) is 4.16 Å². The summed E-state index contributed by atoms with van der Waals surface area (Å²) in [6.07, 6.45) is 1.38. The van der Waals surface area contributed by atoms with Gasteiger partial charge in [0.05, 0.1) is 12.1 Å². The zero-order valence-corrected chi connectivity index (χ0v) is 8.46. The zero-order chi connectivity index (χ0) is 10.1. The lowest BCUT2D eigenvalue weighted by Crippen LogP contribution is -2.43. The molecule has 1 heterocycles. The van der Waals surface area contributed by atoms with Gasteiger partial charge in [0, 0.05) is 12.3 Å². The maximum atomic E-state index is 9.33. The minimum Gasteiger partial charge on any atom is -0.477 e. The molecule has 1 unspecified atom stereocenters. The largest absolute Gasteiger partial charge is 0.477 e. The van der Waals surface area contributed by atoms with Crippen LogP contribution < -0.4 is 14.7 Å². The van der Waals surface area contributed by atoms with Crippen molar-refractivity contribution in [1.82, 2.24) is 9.14 Å². The van der Waals surface area contributed by atoms with E-state index in [0.717, 1.165) is 0 Å². The predicted octanol–water partition coefficient (Wildman–Crippen LogP) is 1.16. The Hall–Kier alpha value is -0.530. The molecule has 0 amide bonds. The second-order valence-corrected chi connectivity index (χ2v) is 3.38. The smallest absolute Gasteiger partial charge is 0.283 e. The molecule has 1 aromatic heterocycles. The van der Waals surface area contributed by atoms with Gasteiger partial charge in [0.1, 0.15) is 12.8 Å². The second kappa shape index (κ2) is 3.69. The molecule has 3 N–H and O–H groups in total. The van der Waals surface area contributed by atoms with Crippen LogP contribution in [0.5, 0.6) is 5.88 Å². The summed E-state index contributed by atoms with van der Waals surface area (Å²) in [4.78, 5) is 3.80. The summed E-state index contributed by atoms with van der Waals surface area (Å²) in [7, 11) is 1.41. The number of rotatable bonds is 2. The number of nitrogens with two attached hydrogens (primary N) is 1. The molecular weight excluding hydrogens is 214 g/mol. The van der Waals surface area contributed by atoms with Crippen molar-refractivity contribution in [3.63, 3.8) is 0 Å². The van der Waals surface area contributed by atoms with Crippen LogP contribution in [0.15, 0.2) is 12.3 Å². The monoisotopic (exact) mass is 222 g/mol. The number of nitrogens with zero attached hydrogens (tertiary/aromatic N) is 2. The Morgan fingerprint density at radius 1 is 1.77 bits per heavy atom. The molecule has 72 valence electrons. The Kier molecular flexibility index (Phi) is 2.99. The summed E-state index contributed by atoms with van der Waals surface area (Å²) in [5.41, 5.74) is 0.165. The van der Waals surface area contributed by atoms with Crippen molar-refractivity contribution in [2.24, 2.45) is 5.84 Å². The standard InChI is InChI=1S/C6H9ClN3O2S/c1-12-6-5(10(8,11)13)2-4(7)3-9-6/h2-3,11,13H,8H2,1H3/q+1. The zero-order valence-electron chi connectivity index (χ0n) is 6.81. The van der Waals surface area contributed by atoms with Gasteiger partial charge >= 0.3 is 0 Å². The molecule has 5 nitrogen and oxygen atoms in total. The summed E-state index contributed by atoms with van der Waals surface area (Å²) in [6.45, 7) is 0. The number of aromatic nitrogens is 1. The van der Waals surface area contributed by atoms with Gasteiger partial charge in [0.2, 0.25) is 0 Å². The molecule has 0 bridgehead atoms. The van der Waals surface area contributed by atoms with Crippen LogP contribution in [-0.4, -0.2) is 17.3 Å². The van der Waals surface area contributed by atoms with Crippen molar-refractivity contribution >= 4 is 30.1 Å². The summed E-state index contributed by atoms with van der Waals surface area (Å²) in [5.74, 6) is 5.45. The number of halogens is 1. The van der Waals surface area contributed by atoms with Crippen LogP contribution in [0.2, 0.25) is 5.02 Å². The lowest BCUT2D eigenvalue weighted by Gasteiger charge is -2.16. The first-order valence-electron chi connectivity index (χ1n) is 3.28.